The number of amides is 1. The summed E-state index contributed by atoms with van der Waals surface area (Å²) in [7, 11) is 0. The average molecular weight is 271 g/mol. The second-order valence-corrected chi connectivity index (χ2v) is 5.73. The summed E-state index contributed by atoms with van der Waals surface area (Å²) in [6, 6.07) is 0. The molecule has 2 aliphatic rings. The lowest BCUT2D eigenvalue weighted by Crippen LogP contribution is -2.50. The third kappa shape index (κ3) is 4.16. The zero-order valence-electron chi connectivity index (χ0n) is 11.7. The average Bonchev–Trinajstić information content (AvgIpc) is 2.47. The van der Waals surface area contributed by atoms with Gasteiger partial charge in [-0.15, -0.1) is 0 Å². The maximum absolute atomic E-state index is 11.9. The minimum Gasteiger partial charge on any atom is -0.388 e. The van der Waals surface area contributed by atoms with Crippen molar-refractivity contribution < 1.29 is 19.4 Å². The van der Waals surface area contributed by atoms with E-state index in [-0.39, 0.29) is 5.91 Å². The van der Waals surface area contributed by atoms with E-state index in [1.54, 1.807) is 0 Å². The van der Waals surface area contributed by atoms with E-state index in [1.165, 1.54) is 6.42 Å². The first-order valence-electron chi connectivity index (χ1n) is 7.32. The molecule has 0 aromatic carbocycles. The van der Waals surface area contributed by atoms with Crippen molar-refractivity contribution in [1.29, 1.82) is 0 Å². The van der Waals surface area contributed by atoms with Gasteiger partial charge in [-0.05, 0) is 31.6 Å². The monoisotopic (exact) mass is 271 g/mol. The van der Waals surface area contributed by atoms with Gasteiger partial charge in [-0.1, -0.05) is 13.3 Å². The third-order valence-electron chi connectivity index (χ3n) is 4.31. The van der Waals surface area contributed by atoms with E-state index >= 15 is 0 Å². The van der Waals surface area contributed by atoms with Crippen LogP contribution >= 0.6 is 0 Å². The van der Waals surface area contributed by atoms with Crippen molar-refractivity contribution in [3.8, 4) is 0 Å². The molecule has 1 amide bonds. The molecule has 5 heteroatoms. The van der Waals surface area contributed by atoms with E-state index in [0.717, 1.165) is 31.6 Å². The van der Waals surface area contributed by atoms with Crippen LogP contribution in [0, 0.1) is 5.92 Å². The second-order valence-electron chi connectivity index (χ2n) is 5.73. The Morgan fingerprint density at radius 1 is 1.37 bits per heavy atom. The van der Waals surface area contributed by atoms with Gasteiger partial charge in [0.2, 0.25) is 0 Å². The molecule has 1 heterocycles. The summed E-state index contributed by atoms with van der Waals surface area (Å²) in [4.78, 5) is 11.9. The number of aliphatic hydroxyl groups is 1. The van der Waals surface area contributed by atoms with E-state index in [4.69, 9.17) is 9.47 Å². The lowest BCUT2D eigenvalue weighted by Gasteiger charge is -2.36. The molecule has 1 aliphatic carbocycles. The highest BCUT2D eigenvalue weighted by Crippen LogP contribution is 2.33. The highest BCUT2D eigenvalue weighted by atomic mass is 16.6. The SMILES string of the molecule is CCC1CCC(O)(CNC(=O)C2COCCO2)CC1. The van der Waals surface area contributed by atoms with Crippen molar-refractivity contribution in [2.24, 2.45) is 5.92 Å². The summed E-state index contributed by atoms with van der Waals surface area (Å²) >= 11 is 0. The van der Waals surface area contributed by atoms with E-state index in [9.17, 15) is 9.90 Å². The van der Waals surface area contributed by atoms with Crippen LogP contribution in [0.2, 0.25) is 0 Å². The largest absolute Gasteiger partial charge is 0.388 e. The van der Waals surface area contributed by atoms with E-state index in [2.05, 4.69) is 12.2 Å². The van der Waals surface area contributed by atoms with Crippen LogP contribution in [0.15, 0.2) is 0 Å². The molecule has 0 bridgehead atoms. The molecule has 0 aromatic heterocycles. The second kappa shape index (κ2) is 6.68. The molecule has 1 unspecified atom stereocenters. The Balaban J connectivity index is 1.73. The Morgan fingerprint density at radius 3 is 2.68 bits per heavy atom. The Hall–Kier alpha value is -0.650. The zero-order valence-corrected chi connectivity index (χ0v) is 11.7. The van der Waals surface area contributed by atoms with Crippen LogP contribution in [-0.4, -0.2) is 49.1 Å². The van der Waals surface area contributed by atoms with Gasteiger partial charge in [0.15, 0.2) is 6.10 Å². The minimum atomic E-state index is -0.739. The van der Waals surface area contributed by atoms with Gasteiger partial charge < -0.3 is 19.9 Å². The molecular weight excluding hydrogens is 246 g/mol. The first kappa shape index (κ1) is 14.8. The van der Waals surface area contributed by atoms with E-state index in [1.807, 2.05) is 0 Å². The summed E-state index contributed by atoms with van der Waals surface area (Å²) in [6.45, 7) is 3.83. The van der Waals surface area contributed by atoms with Gasteiger partial charge in [0.1, 0.15) is 0 Å². The van der Waals surface area contributed by atoms with Crippen molar-refractivity contribution in [3.63, 3.8) is 0 Å². The van der Waals surface area contributed by atoms with Crippen LogP contribution in [0.4, 0.5) is 0 Å². The number of hydrogen-bond donors (Lipinski definition) is 2. The zero-order chi connectivity index (χ0) is 13.7. The summed E-state index contributed by atoms with van der Waals surface area (Å²) in [5.74, 6) is 0.553. The highest BCUT2D eigenvalue weighted by molar-refractivity contribution is 5.81. The Bertz CT molecular complexity index is 294. The number of carbonyl (C=O) groups excluding carboxylic acids is 1. The molecule has 2 fully saturated rings. The summed E-state index contributed by atoms with van der Waals surface area (Å²) in [6.07, 6.45) is 4.29. The fourth-order valence-corrected chi connectivity index (χ4v) is 2.80. The molecule has 0 spiro atoms. The fourth-order valence-electron chi connectivity index (χ4n) is 2.80. The number of rotatable bonds is 4. The highest BCUT2D eigenvalue weighted by Gasteiger charge is 2.34. The van der Waals surface area contributed by atoms with Gasteiger partial charge >= 0.3 is 0 Å². The molecule has 0 aromatic rings. The van der Waals surface area contributed by atoms with Crippen LogP contribution in [0.1, 0.15) is 39.0 Å². The third-order valence-corrected chi connectivity index (χ3v) is 4.31. The van der Waals surface area contributed by atoms with E-state index in [0.29, 0.717) is 26.4 Å². The normalized spacial score (nSPS) is 35.9. The first-order valence-corrected chi connectivity index (χ1v) is 7.32. The topological polar surface area (TPSA) is 67.8 Å². The minimum absolute atomic E-state index is 0.175. The van der Waals surface area contributed by atoms with Gasteiger partial charge in [0.05, 0.1) is 25.4 Å². The van der Waals surface area contributed by atoms with Crippen LogP contribution in [-0.2, 0) is 14.3 Å². The Morgan fingerprint density at radius 2 is 2.11 bits per heavy atom. The lowest BCUT2D eigenvalue weighted by molar-refractivity contribution is -0.148. The molecule has 2 rings (SSSR count). The molecule has 5 nitrogen and oxygen atoms in total. The number of nitrogens with one attached hydrogen (secondary N) is 1. The fraction of sp³-hybridized carbons (Fsp3) is 0.929. The molecule has 19 heavy (non-hydrogen) atoms. The molecule has 1 aliphatic heterocycles. The molecule has 110 valence electrons. The van der Waals surface area contributed by atoms with Gasteiger partial charge in [0.25, 0.3) is 5.91 Å². The first-order chi connectivity index (χ1) is 9.13. The van der Waals surface area contributed by atoms with Crippen LogP contribution in [0.3, 0.4) is 0 Å². The molecular formula is C14H25NO4. The molecule has 1 saturated carbocycles. The quantitative estimate of drug-likeness (QED) is 0.795. The van der Waals surface area contributed by atoms with Crippen LogP contribution in [0.5, 0.6) is 0 Å². The van der Waals surface area contributed by atoms with Gasteiger partial charge in [-0.25, -0.2) is 0 Å². The van der Waals surface area contributed by atoms with Gasteiger partial charge in [-0.3, -0.25) is 4.79 Å². The van der Waals surface area contributed by atoms with Crippen LogP contribution in [0.25, 0.3) is 0 Å². The summed E-state index contributed by atoms with van der Waals surface area (Å²) in [5, 5.41) is 13.2. The molecule has 2 N–H and O–H groups in total. The van der Waals surface area contributed by atoms with Crippen molar-refractivity contribution in [2.75, 3.05) is 26.4 Å². The smallest absolute Gasteiger partial charge is 0.251 e. The molecule has 0 radical (unpaired) electrons. The molecule has 1 atom stereocenters. The molecule has 1 saturated heterocycles. The van der Waals surface area contributed by atoms with Crippen molar-refractivity contribution in [2.45, 2.75) is 50.7 Å². The van der Waals surface area contributed by atoms with Gasteiger partial charge in [-0.2, -0.15) is 0 Å². The maximum atomic E-state index is 11.9. The maximum Gasteiger partial charge on any atom is 0.251 e. The predicted molar refractivity (Wildman–Crippen MR) is 70.8 cm³/mol. The number of hydrogen-bond acceptors (Lipinski definition) is 4. The Labute approximate surface area is 114 Å². The standard InChI is InChI=1S/C14H25NO4/c1-2-11-3-5-14(17,6-4-11)10-15-13(16)12-9-18-7-8-19-12/h11-12,17H,2-10H2,1H3,(H,15,16). The number of carbonyl (C=O) groups is 1. The van der Waals surface area contributed by atoms with E-state index < -0.39 is 11.7 Å². The summed E-state index contributed by atoms with van der Waals surface area (Å²) < 4.78 is 10.5. The Kier molecular flexibility index (Phi) is 5.19. The van der Waals surface area contributed by atoms with Crippen LogP contribution < -0.4 is 5.32 Å². The number of ether oxygens (including phenoxy) is 2. The predicted octanol–water partition coefficient (Wildman–Crippen LogP) is 0.849. The summed E-state index contributed by atoms with van der Waals surface area (Å²) in [5.41, 5.74) is -0.739. The van der Waals surface area contributed by atoms with Gasteiger partial charge in [0, 0.05) is 6.54 Å². The lowest BCUT2D eigenvalue weighted by atomic mass is 9.78. The van der Waals surface area contributed by atoms with Crippen molar-refractivity contribution in [1.82, 2.24) is 5.32 Å². The van der Waals surface area contributed by atoms with Crippen molar-refractivity contribution in [3.05, 3.63) is 0 Å². The van der Waals surface area contributed by atoms with Crippen molar-refractivity contribution >= 4 is 5.91 Å².